The fourth-order valence-electron chi connectivity index (χ4n) is 8.33. The Morgan fingerprint density at radius 3 is 2.15 bits per heavy atom. The third-order valence-corrected chi connectivity index (χ3v) is 11.6. The third kappa shape index (κ3) is 7.21. The second-order valence-electron chi connectivity index (χ2n) is 14.9. The Morgan fingerprint density at radius 2 is 1.44 bits per heavy atom. The maximum Gasteiger partial charge on any atom is 0.343 e. The maximum absolute atomic E-state index is 13.9. The number of fused-ring (bicyclic) bond motifs is 2. The molecular formula is C46H48N2O7. The SMILES string of the molecule is CCc1ccc(C(=O)Oc2c(CO)cc3c4c2Oc2cc5c(cc2CO)CCN(C)[C@H]5Cc2ccc(cc2)Oc2cc(ccc2OC)C[C@@H]4N(C)CC3)cc1. The Hall–Kier alpha value is -5.19. The molecule has 0 aliphatic carbocycles. The van der Waals surface area contributed by atoms with Crippen molar-refractivity contribution in [1.82, 2.24) is 9.80 Å². The van der Waals surface area contributed by atoms with E-state index in [0.29, 0.717) is 52.5 Å². The number of hydrogen-bond acceptors (Lipinski definition) is 9. The van der Waals surface area contributed by atoms with Gasteiger partial charge >= 0.3 is 5.97 Å². The average molecular weight is 741 g/mol. The standard InChI is InChI=1S/C46H48N2O7/c1-5-28-6-11-31(12-7-28)46(51)55-44-35(27-50)24-33-17-19-48(3)39-21-30-10-15-40(52-4)42(22-30)53-36-13-8-29(9-14-36)20-38-37-25-41(54-45(44)43(33)39)34(26-49)23-32(37)16-18-47(38)2/h6-15,22-25,38-39,49-50H,5,16-21,26-27H2,1-4H3/t38-,39-/m0/s1. The van der Waals surface area contributed by atoms with E-state index in [-0.39, 0.29) is 31.0 Å². The Bertz CT molecular complexity index is 2220. The number of ether oxygens (including phenoxy) is 4. The molecule has 9 rings (SSSR count). The van der Waals surface area contributed by atoms with Gasteiger partial charge in [0.2, 0.25) is 0 Å². The van der Waals surface area contributed by atoms with Crippen LogP contribution in [0.2, 0.25) is 0 Å². The smallest absolute Gasteiger partial charge is 0.343 e. The summed E-state index contributed by atoms with van der Waals surface area (Å²) < 4.78 is 25.6. The van der Waals surface area contributed by atoms with Crippen molar-refractivity contribution in [3.63, 3.8) is 0 Å². The zero-order valence-corrected chi connectivity index (χ0v) is 31.9. The molecule has 0 amide bonds. The number of nitrogens with zero attached hydrogens (tertiary/aromatic N) is 2. The van der Waals surface area contributed by atoms with Crippen molar-refractivity contribution in [3.05, 3.63) is 141 Å². The molecule has 4 heterocycles. The molecule has 4 aliphatic heterocycles. The summed E-state index contributed by atoms with van der Waals surface area (Å²) in [4.78, 5) is 18.6. The van der Waals surface area contributed by atoms with Gasteiger partial charge < -0.3 is 29.2 Å². The van der Waals surface area contributed by atoms with Gasteiger partial charge in [0.1, 0.15) is 11.5 Å². The lowest BCUT2D eigenvalue weighted by atomic mass is 9.86. The van der Waals surface area contributed by atoms with Gasteiger partial charge in [0, 0.05) is 41.9 Å². The summed E-state index contributed by atoms with van der Waals surface area (Å²) in [6.07, 6.45) is 3.72. The van der Waals surface area contributed by atoms with Crippen LogP contribution in [0.1, 0.15) is 79.4 Å². The fraction of sp³-hybridized carbons (Fsp3) is 0.326. The maximum atomic E-state index is 13.9. The van der Waals surface area contributed by atoms with E-state index in [4.69, 9.17) is 18.9 Å². The van der Waals surface area contributed by atoms with Crippen LogP contribution >= 0.6 is 0 Å². The number of aryl methyl sites for hydroxylation is 1. The van der Waals surface area contributed by atoms with E-state index in [1.165, 1.54) is 5.56 Å². The van der Waals surface area contributed by atoms with Gasteiger partial charge in [0.05, 0.1) is 25.9 Å². The molecule has 4 aliphatic rings. The fourth-order valence-corrected chi connectivity index (χ4v) is 8.33. The number of benzene rings is 5. The summed E-state index contributed by atoms with van der Waals surface area (Å²) in [7, 11) is 5.87. The number of carbonyl (C=O) groups excluding carboxylic acids is 1. The van der Waals surface area contributed by atoms with Crippen molar-refractivity contribution in [2.45, 2.75) is 64.3 Å². The Balaban J connectivity index is 1.35. The molecule has 9 nitrogen and oxygen atoms in total. The first-order valence-corrected chi connectivity index (χ1v) is 19.2. The van der Waals surface area contributed by atoms with Crippen molar-refractivity contribution >= 4 is 5.97 Å². The molecule has 0 fully saturated rings. The van der Waals surface area contributed by atoms with Crippen LogP contribution in [-0.4, -0.2) is 60.3 Å². The van der Waals surface area contributed by atoms with Crippen molar-refractivity contribution in [2.75, 3.05) is 34.3 Å². The number of aliphatic hydroxyl groups is 2. The van der Waals surface area contributed by atoms with Crippen molar-refractivity contribution in [2.24, 2.45) is 0 Å². The lowest BCUT2D eigenvalue weighted by molar-refractivity contribution is 0.0725. The summed E-state index contributed by atoms with van der Waals surface area (Å²) in [5.74, 6) is 2.45. The number of esters is 1. The molecule has 6 bridgehead atoms. The molecule has 9 heteroatoms. The van der Waals surface area contributed by atoms with Crippen LogP contribution < -0.4 is 18.9 Å². The molecule has 55 heavy (non-hydrogen) atoms. The van der Waals surface area contributed by atoms with Crippen molar-refractivity contribution in [1.29, 1.82) is 0 Å². The number of methoxy groups -OCH3 is 1. The molecule has 0 saturated heterocycles. The summed E-state index contributed by atoms with van der Waals surface area (Å²) in [5.41, 5.74) is 8.96. The van der Waals surface area contributed by atoms with Crippen molar-refractivity contribution < 1.29 is 34.0 Å². The van der Waals surface area contributed by atoms with Crippen molar-refractivity contribution in [3.8, 4) is 34.5 Å². The molecule has 2 N–H and O–H groups in total. The van der Waals surface area contributed by atoms with Crippen LogP contribution in [0, 0.1) is 0 Å². The van der Waals surface area contributed by atoms with Crippen LogP contribution in [-0.2, 0) is 45.3 Å². The third-order valence-electron chi connectivity index (χ3n) is 11.6. The van der Waals surface area contributed by atoms with E-state index >= 15 is 0 Å². The number of rotatable bonds is 6. The Morgan fingerprint density at radius 1 is 0.764 bits per heavy atom. The average Bonchev–Trinajstić information content (AvgIpc) is 3.21. The number of hydrogen-bond donors (Lipinski definition) is 2. The minimum Gasteiger partial charge on any atom is -0.493 e. The number of aliphatic hydroxyl groups excluding tert-OH is 2. The van der Waals surface area contributed by atoms with E-state index in [2.05, 4.69) is 55.1 Å². The van der Waals surface area contributed by atoms with Gasteiger partial charge in [-0.3, -0.25) is 9.80 Å². The van der Waals surface area contributed by atoms with Gasteiger partial charge in [-0.1, -0.05) is 37.3 Å². The largest absolute Gasteiger partial charge is 0.493 e. The van der Waals surface area contributed by atoms with Gasteiger partial charge in [-0.05, 0) is 134 Å². The minimum absolute atomic E-state index is 0.0428. The first-order chi connectivity index (χ1) is 26.8. The molecule has 5 aromatic rings. The highest BCUT2D eigenvalue weighted by Gasteiger charge is 2.35. The molecule has 0 spiro atoms. The first kappa shape index (κ1) is 36.8. The molecule has 0 radical (unpaired) electrons. The first-order valence-electron chi connectivity index (χ1n) is 19.2. The van der Waals surface area contributed by atoms with Crippen LogP contribution in [0.25, 0.3) is 0 Å². The molecular weight excluding hydrogens is 693 g/mol. The van der Waals surface area contributed by atoms with E-state index in [9.17, 15) is 15.0 Å². The van der Waals surface area contributed by atoms with E-state index < -0.39 is 5.97 Å². The van der Waals surface area contributed by atoms with Gasteiger partial charge in [-0.25, -0.2) is 4.79 Å². The second-order valence-corrected chi connectivity index (χ2v) is 14.9. The monoisotopic (exact) mass is 740 g/mol. The molecule has 0 saturated carbocycles. The molecule has 284 valence electrons. The molecule has 5 aromatic carbocycles. The zero-order chi connectivity index (χ0) is 38.2. The zero-order valence-electron chi connectivity index (χ0n) is 31.9. The lowest BCUT2D eigenvalue weighted by Crippen LogP contribution is -2.34. The van der Waals surface area contributed by atoms with Gasteiger partial charge in [-0.2, -0.15) is 0 Å². The lowest BCUT2D eigenvalue weighted by Gasteiger charge is -2.37. The van der Waals surface area contributed by atoms with Gasteiger partial charge in [0.15, 0.2) is 23.0 Å². The summed E-state index contributed by atoms with van der Waals surface area (Å²) in [6.45, 7) is 3.12. The quantitative estimate of drug-likeness (QED) is 0.133. The Kier molecular flexibility index (Phi) is 10.4. The highest BCUT2D eigenvalue weighted by atomic mass is 16.6. The highest BCUT2D eigenvalue weighted by molar-refractivity contribution is 5.91. The van der Waals surface area contributed by atoms with Crippen LogP contribution in [0.4, 0.5) is 0 Å². The molecule has 0 unspecified atom stereocenters. The summed E-state index contributed by atoms with van der Waals surface area (Å²) in [6, 6.07) is 27.5. The topological polar surface area (TPSA) is 101 Å². The second kappa shape index (κ2) is 15.5. The number of carbonyl (C=O) groups is 1. The molecule has 0 aromatic heterocycles. The van der Waals surface area contributed by atoms with Gasteiger partial charge in [0.25, 0.3) is 0 Å². The predicted octanol–water partition coefficient (Wildman–Crippen LogP) is 7.90. The summed E-state index contributed by atoms with van der Waals surface area (Å²) >= 11 is 0. The van der Waals surface area contributed by atoms with E-state index in [0.717, 1.165) is 71.5 Å². The molecule has 2 atom stereocenters. The number of likely N-dealkylation sites (N-methyl/N-ethyl adjacent to an activating group) is 2. The highest BCUT2D eigenvalue weighted by Crippen LogP contribution is 2.49. The van der Waals surface area contributed by atoms with E-state index in [1.807, 2.05) is 48.5 Å². The van der Waals surface area contributed by atoms with Gasteiger partial charge in [-0.15, -0.1) is 0 Å². The van der Waals surface area contributed by atoms with Crippen LogP contribution in [0.3, 0.4) is 0 Å². The normalized spacial score (nSPS) is 18.0. The predicted molar refractivity (Wildman–Crippen MR) is 211 cm³/mol. The Labute approximate surface area is 322 Å². The van der Waals surface area contributed by atoms with Crippen LogP contribution in [0.15, 0.2) is 84.9 Å². The summed E-state index contributed by atoms with van der Waals surface area (Å²) in [5, 5.41) is 21.7. The van der Waals surface area contributed by atoms with Crippen LogP contribution in [0.5, 0.6) is 34.5 Å². The van der Waals surface area contributed by atoms with E-state index in [1.54, 1.807) is 19.2 Å². The minimum atomic E-state index is -0.547.